The average Bonchev–Trinajstić information content (AvgIpc) is 2.43. The van der Waals surface area contributed by atoms with E-state index in [1.54, 1.807) is 12.1 Å². The van der Waals surface area contributed by atoms with Crippen molar-refractivity contribution in [1.82, 2.24) is 9.57 Å². The van der Waals surface area contributed by atoms with Gasteiger partial charge in [0.05, 0.1) is 5.56 Å². The lowest BCUT2D eigenvalue weighted by Gasteiger charge is -2.31. The fourth-order valence-electron chi connectivity index (χ4n) is 2.00. The van der Waals surface area contributed by atoms with Crippen molar-refractivity contribution in [3.63, 3.8) is 0 Å². The van der Waals surface area contributed by atoms with E-state index < -0.39 is 0 Å². The molecule has 1 aromatic carbocycles. The summed E-state index contributed by atoms with van der Waals surface area (Å²) in [6.45, 7) is 5.65. The highest BCUT2D eigenvalue weighted by atomic mass is 31.0. The number of phenolic OH excluding ortho intramolecular Hbond substituents is 1. The second kappa shape index (κ2) is 6.85. The Morgan fingerprint density at radius 1 is 1.32 bits per heavy atom. The number of hydrogen-bond acceptors (Lipinski definition) is 5. The van der Waals surface area contributed by atoms with Crippen LogP contribution in [0.4, 0.5) is 0 Å². The van der Waals surface area contributed by atoms with Crippen molar-refractivity contribution in [1.29, 1.82) is 0 Å². The van der Waals surface area contributed by atoms with Crippen LogP contribution in [0.1, 0.15) is 10.4 Å². The van der Waals surface area contributed by atoms with Gasteiger partial charge in [-0.05, 0) is 18.2 Å². The smallest absolute Gasteiger partial charge is 0.153 e. The maximum atomic E-state index is 10.7. The van der Waals surface area contributed by atoms with Crippen molar-refractivity contribution < 1.29 is 14.6 Å². The molecule has 1 aliphatic heterocycles. The molecule has 0 amide bonds. The molecule has 0 saturated carbocycles. The second-order valence-corrected chi connectivity index (χ2v) is 5.29. The summed E-state index contributed by atoms with van der Waals surface area (Å²) in [6.07, 6.45) is 0.625. The van der Waals surface area contributed by atoms with Gasteiger partial charge in [0, 0.05) is 32.7 Å². The summed E-state index contributed by atoms with van der Waals surface area (Å²) >= 11 is 0. The maximum absolute atomic E-state index is 10.7. The van der Waals surface area contributed by atoms with Crippen LogP contribution in [0, 0.1) is 0 Å². The van der Waals surface area contributed by atoms with Gasteiger partial charge in [-0.2, -0.15) is 0 Å². The molecule has 104 valence electrons. The van der Waals surface area contributed by atoms with Crippen molar-refractivity contribution >= 4 is 15.7 Å². The minimum atomic E-state index is -0.0149. The van der Waals surface area contributed by atoms with Gasteiger partial charge in [0.25, 0.3) is 0 Å². The number of benzene rings is 1. The Balaban J connectivity index is 1.78. The van der Waals surface area contributed by atoms with Crippen LogP contribution in [-0.4, -0.2) is 60.3 Å². The molecule has 1 heterocycles. The Labute approximate surface area is 115 Å². The van der Waals surface area contributed by atoms with Crippen LogP contribution in [0.5, 0.6) is 11.5 Å². The van der Waals surface area contributed by atoms with E-state index in [1.165, 1.54) is 6.07 Å². The van der Waals surface area contributed by atoms with Gasteiger partial charge in [-0.15, -0.1) is 0 Å². The Hall–Kier alpha value is -1.16. The molecule has 1 saturated heterocycles. The van der Waals surface area contributed by atoms with E-state index in [1.807, 2.05) is 0 Å². The van der Waals surface area contributed by atoms with E-state index >= 15 is 0 Å². The molecule has 0 aromatic heterocycles. The molecule has 19 heavy (non-hydrogen) atoms. The highest BCUT2D eigenvalue weighted by molar-refractivity contribution is 7.13. The SMILES string of the molecule is O=Cc1cc(OCCN2CCN(P)CC2)ccc1O. The first-order chi connectivity index (χ1) is 9.19. The number of ether oxygens (including phenoxy) is 1. The van der Waals surface area contributed by atoms with Crippen molar-refractivity contribution in [2.24, 2.45) is 0 Å². The van der Waals surface area contributed by atoms with Crippen molar-refractivity contribution in [3.8, 4) is 11.5 Å². The van der Waals surface area contributed by atoms with Crippen LogP contribution < -0.4 is 4.74 Å². The minimum Gasteiger partial charge on any atom is -0.507 e. The van der Waals surface area contributed by atoms with Crippen LogP contribution in [0.3, 0.4) is 0 Å². The van der Waals surface area contributed by atoms with Gasteiger partial charge in [-0.1, -0.05) is 9.39 Å². The summed E-state index contributed by atoms with van der Waals surface area (Å²) in [7, 11) is 2.72. The number of phenols is 1. The molecule has 0 spiro atoms. The van der Waals surface area contributed by atoms with Gasteiger partial charge in [0.1, 0.15) is 18.1 Å². The third-order valence-corrected chi connectivity index (χ3v) is 3.73. The first kappa shape index (κ1) is 14.3. The topological polar surface area (TPSA) is 53.0 Å². The van der Waals surface area contributed by atoms with Crippen LogP contribution in [-0.2, 0) is 0 Å². The third-order valence-electron chi connectivity index (χ3n) is 3.21. The fourth-order valence-corrected chi connectivity index (χ4v) is 2.23. The van der Waals surface area contributed by atoms with Crippen molar-refractivity contribution in [2.45, 2.75) is 0 Å². The van der Waals surface area contributed by atoms with Crippen LogP contribution in [0.2, 0.25) is 0 Å². The quantitative estimate of drug-likeness (QED) is 0.645. The number of rotatable bonds is 5. The molecule has 2 rings (SSSR count). The zero-order chi connectivity index (χ0) is 13.7. The summed E-state index contributed by atoms with van der Waals surface area (Å²) in [5, 5.41) is 9.39. The predicted molar refractivity (Wildman–Crippen MR) is 76.7 cm³/mol. The molecule has 6 heteroatoms. The van der Waals surface area contributed by atoms with Gasteiger partial charge in [0.2, 0.25) is 0 Å². The normalized spacial score (nSPS) is 17.3. The van der Waals surface area contributed by atoms with Gasteiger partial charge >= 0.3 is 0 Å². The Bertz CT molecular complexity index is 434. The molecule has 0 aliphatic carbocycles. The number of piperazine rings is 1. The molecule has 0 bridgehead atoms. The van der Waals surface area contributed by atoms with Crippen LogP contribution >= 0.6 is 9.39 Å². The summed E-state index contributed by atoms with van der Waals surface area (Å²) in [6, 6.07) is 4.71. The van der Waals surface area contributed by atoms with Crippen LogP contribution in [0.25, 0.3) is 0 Å². The summed E-state index contributed by atoms with van der Waals surface area (Å²) < 4.78 is 7.83. The molecule has 0 radical (unpaired) electrons. The molecule has 1 N–H and O–H groups in total. The highest BCUT2D eigenvalue weighted by Gasteiger charge is 2.13. The van der Waals surface area contributed by atoms with E-state index in [2.05, 4.69) is 19.0 Å². The maximum Gasteiger partial charge on any atom is 0.153 e. The molecule has 5 nitrogen and oxygen atoms in total. The number of carbonyl (C=O) groups excluding carboxylic acids is 1. The first-order valence-corrected chi connectivity index (χ1v) is 6.83. The molecule has 1 unspecified atom stereocenters. The van der Waals surface area contributed by atoms with Gasteiger partial charge in [-0.25, -0.2) is 0 Å². The van der Waals surface area contributed by atoms with Gasteiger partial charge in [0.15, 0.2) is 6.29 Å². The lowest BCUT2D eigenvalue weighted by Crippen LogP contribution is -2.43. The Kier molecular flexibility index (Phi) is 5.14. The average molecular weight is 282 g/mol. The van der Waals surface area contributed by atoms with E-state index in [0.29, 0.717) is 18.6 Å². The standard InChI is InChI=1S/C13H19N2O3P/c16-10-11-9-12(1-2-13(11)17)18-8-7-14-3-5-15(19)6-4-14/h1-2,9-10,17H,3-8,19H2. The minimum absolute atomic E-state index is 0.0149. The number of nitrogens with zero attached hydrogens (tertiary/aromatic N) is 2. The van der Waals surface area contributed by atoms with E-state index in [9.17, 15) is 9.90 Å². The molecular weight excluding hydrogens is 263 g/mol. The lowest BCUT2D eigenvalue weighted by molar-refractivity contribution is 0.112. The largest absolute Gasteiger partial charge is 0.507 e. The van der Waals surface area contributed by atoms with Gasteiger partial charge in [-0.3, -0.25) is 14.4 Å². The first-order valence-electron chi connectivity index (χ1n) is 6.32. The number of aromatic hydroxyl groups is 1. The number of carbonyl (C=O) groups is 1. The number of hydrogen-bond donors (Lipinski definition) is 1. The Morgan fingerprint density at radius 2 is 2.05 bits per heavy atom. The second-order valence-electron chi connectivity index (χ2n) is 4.56. The summed E-state index contributed by atoms with van der Waals surface area (Å²) in [5.41, 5.74) is 0.258. The highest BCUT2D eigenvalue weighted by Crippen LogP contribution is 2.21. The van der Waals surface area contributed by atoms with E-state index in [4.69, 9.17) is 4.74 Å². The van der Waals surface area contributed by atoms with E-state index in [-0.39, 0.29) is 11.3 Å². The molecule has 1 fully saturated rings. The third kappa shape index (κ3) is 4.16. The predicted octanol–water partition coefficient (Wildman–Crippen LogP) is 0.991. The zero-order valence-electron chi connectivity index (χ0n) is 10.8. The van der Waals surface area contributed by atoms with Crippen LogP contribution in [0.15, 0.2) is 18.2 Å². The van der Waals surface area contributed by atoms with Crippen molar-refractivity contribution in [3.05, 3.63) is 23.8 Å². The lowest BCUT2D eigenvalue weighted by atomic mass is 10.2. The molecule has 1 atom stereocenters. The van der Waals surface area contributed by atoms with E-state index in [0.717, 1.165) is 32.7 Å². The molecule has 1 aliphatic rings. The Morgan fingerprint density at radius 3 is 2.74 bits per heavy atom. The molecular formula is C13H19N2O3P. The van der Waals surface area contributed by atoms with Gasteiger partial charge < -0.3 is 9.84 Å². The number of aldehydes is 1. The molecule has 1 aromatic rings. The summed E-state index contributed by atoms with van der Waals surface area (Å²) in [4.78, 5) is 13.0. The fraction of sp³-hybridized carbons (Fsp3) is 0.462. The zero-order valence-corrected chi connectivity index (χ0v) is 11.9. The summed E-state index contributed by atoms with van der Waals surface area (Å²) in [5.74, 6) is 0.600. The monoisotopic (exact) mass is 282 g/mol. The van der Waals surface area contributed by atoms with Crippen molar-refractivity contribution in [2.75, 3.05) is 39.3 Å².